The monoisotopic (exact) mass is 413 g/mol. The Balaban J connectivity index is 1.24. The van der Waals surface area contributed by atoms with Gasteiger partial charge in [0.15, 0.2) is 0 Å². The molecule has 2 N–H and O–H groups in total. The molecule has 4 saturated heterocycles. The number of nitrogens with zero attached hydrogens (tertiary/aromatic N) is 4. The van der Waals surface area contributed by atoms with Crippen molar-refractivity contribution in [3.63, 3.8) is 0 Å². The highest BCUT2D eigenvalue weighted by Gasteiger charge is 2.47. The number of hydrogen-bond donors (Lipinski definition) is 1. The summed E-state index contributed by atoms with van der Waals surface area (Å²) in [5.41, 5.74) is 8.47. The molecule has 4 aliphatic rings. The first kappa shape index (κ1) is 19.8. The molecule has 3 atom stereocenters. The van der Waals surface area contributed by atoms with Crippen molar-refractivity contribution in [2.45, 2.75) is 62.3 Å². The average Bonchev–Trinajstić information content (AvgIpc) is 3.04. The second kappa shape index (κ2) is 7.81. The second-order valence-electron chi connectivity index (χ2n) is 9.17. The molecule has 1 aromatic rings. The molecule has 30 heavy (non-hydrogen) atoms. The minimum atomic E-state index is -0.460. The molecule has 5 heterocycles. The molecule has 162 valence electrons. The van der Waals surface area contributed by atoms with E-state index in [1.54, 1.807) is 7.11 Å². The summed E-state index contributed by atoms with van der Waals surface area (Å²) in [5.74, 6) is 0.342. The summed E-state index contributed by atoms with van der Waals surface area (Å²) in [6.45, 7) is 3.16. The topological polar surface area (TPSA) is 92.0 Å². The predicted octanol–water partition coefficient (Wildman–Crippen LogP) is 0.713. The number of ether oxygens (including phenoxy) is 1. The number of aromatic nitrogens is 1. The lowest BCUT2D eigenvalue weighted by Crippen LogP contribution is -2.58. The summed E-state index contributed by atoms with van der Waals surface area (Å²) in [6, 6.07) is 1.45. The Hall–Kier alpha value is -2.19. The number of methoxy groups -OCH3 is 1. The van der Waals surface area contributed by atoms with Gasteiger partial charge in [0.25, 0.3) is 0 Å². The third-order valence-electron chi connectivity index (χ3n) is 7.39. The van der Waals surface area contributed by atoms with Gasteiger partial charge in [-0.3, -0.25) is 14.6 Å². The van der Waals surface area contributed by atoms with Crippen molar-refractivity contribution in [3.05, 3.63) is 24.0 Å². The lowest BCUT2D eigenvalue weighted by molar-refractivity contribution is -0.148. The molecule has 8 nitrogen and oxygen atoms in total. The van der Waals surface area contributed by atoms with E-state index in [1.807, 2.05) is 22.2 Å². The number of nitrogens with two attached hydrogens (primary N) is 1. The van der Waals surface area contributed by atoms with E-state index in [9.17, 15) is 9.59 Å². The number of hydrogen-bond acceptors (Lipinski definition) is 6. The van der Waals surface area contributed by atoms with Crippen LogP contribution in [-0.4, -0.2) is 84.1 Å². The molecular formula is C22H31N5O3. The SMILES string of the molecule is COC1CN(c2ccncc2C2CN(C(=O)[C@@H]3CC[C@@H]4CCC[C@H](N)C(=O)N43)C2)C1. The molecule has 2 amide bonds. The molecule has 4 fully saturated rings. The number of likely N-dealkylation sites (tertiary alicyclic amines) is 1. The first-order chi connectivity index (χ1) is 14.6. The molecule has 0 aliphatic carbocycles. The van der Waals surface area contributed by atoms with Crippen LogP contribution in [0, 0.1) is 0 Å². The number of anilines is 1. The van der Waals surface area contributed by atoms with Gasteiger partial charge in [0, 0.05) is 68.9 Å². The van der Waals surface area contributed by atoms with Crippen LogP contribution in [0.25, 0.3) is 0 Å². The van der Waals surface area contributed by atoms with Crippen molar-refractivity contribution in [2.75, 3.05) is 38.2 Å². The van der Waals surface area contributed by atoms with Gasteiger partial charge in [-0.25, -0.2) is 0 Å². The number of carbonyl (C=O) groups is 2. The van der Waals surface area contributed by atoms with E-state index in [0.717, 1.165) is 45.2 Å². The van der Waals surface area contributed by atoms with Gasteiger partial charge in [-0.05, 0) is 38.2 Å². The van der Waals surface area contributed by atoms with Crippen LogP contribution in [0.4, 0.5) is 5.69 Å². The number of rotatable bonds is 4. The zero-order valence-electron chi connectivity index (χ0n) is 17.6. The Morgan fingerprint density at radius 3 is 2.73 bits per heavy atom. The van der Waals surface area contributed by atoms with Crippen LogP contribution < -0.4 is 10.6 Å². The molecule has 0 radical (unpaired) electrons. The van der Waals surface area contributed by atoms with Crippen LogP contribution in [0.15, 0.2) is 18.5 Å². The molecule has 0 bridgehead atoms. The van der Waals surface area contributed by atoms with E-state index >= 15 is 0 Å². The van der Waals surface area contributed by atoms with Gasteiger partial charge in [-0.2, -0.15) is 0 Å². The number of amides is 2. The van der Waals surface area contributed by atoms with Crippen molar-refractivity contribution < 1.29 is 14.3 Å². The lowest BCUT2D eigenvalue weighted by Gasteiger charge is -2.45. The minimum Gasteiger partial charge on any atom is -0.378 e. The Bertz CT molecular complexity index is 821. The highest BCUT2D eigenvalue weighted by atomic mass is 16.5. The lowest BCUT2D eigenvalue weighted by atomic mass is 9.89. The summed E-state index contributed by atoms with van der Waals surface area (Å²) in [7, 11) is 1.75. The molecule has 0 unspecified atom stereocenters. The largest absolute Gasteiger partial charge is 0.378 e. The van der Waals surface area contributed by atoms with Crippen LogP contribution in [0.5, 0.6) is 0 Å². The number of fused-ring (bicyclic) bond motifs is 1. The fraction of sp³-hybridized carbons (Fsp3) is 0.682. The molecule has 1 aromatic heterocycles. The van der Waals surface area contributed by atoms with Crippen LogP contribution in [0.2, 0.25) is 0 Å². The van der Waals surface area contributed by atoms with Gasteiger partial charge in [0.05, 0.1) is 12.1 Å². The van der Waals surface area contributed by atoms with E-state index in [2.05, 4.69) is 16.0 Å². The maximum absolute atomic E-state index is 13.2. The zero-order chi connectivity index (χ0) is 20.8. The fourth-order valence-corrected chi connectivity index (χ4v) is 5.48. The van der Waals surface area contributed by atoms with E-state index < -0.39 is 6.04 Å². The second-order valence-corrected chi connectivity index (χ2v) is 9.17. The van der Waals surface area contributed by atoms with E-state index in [1.165, 1.54) is 11.3 Å². The molecule has 8 heteroatoms. The van der Waals surface area contributed by atoms with Crippen LogP contribution >= 0.6 is 0 Å². The van der Waals surface area contributed by atoms with Crippen LogP contribution in [0.1, 0.15) is 43.6 Å². The van der Waals surface area contributed by atoms with Crippen molar-refractivity contribution >= 4 is 17.5 Å². The van der Waals surface area contributed by atoms with E-state index in [0.29, 0.717) is 25.1 Å². The van der Waals surface area contributed by atoms with Gasteiger partial charge in [0.1, 0.15) is 6.04 Å². The highest BCUT2D eigenvalue weighted by Crippen LogP contribution is 2.38. The first-order valence-electron chi connectivity index (χ1n) is 11.1. The molecule has 0 spiro atoms. The fourth-order valence-electron chi connectivity index (χ4n) is 5.48. The summed E-state index contributed by atoms with van der Waals surface area (Å²) >= 11 is 0. The Labute approximate surface area is 177 Å². The summed E-state index contributed by atoms with van der Waals surface area (Å²) in [6.07, 6.45) is 8.37. The minimum absolute atomic E-state index is 0.0366. The molecule has 4 aliphatic heterocycles. The number of pyridine rings is 1. The van der Waals surface area contributed by atoms with Crippen molar-refractivity contribution in [1.29, 1.82) is 0 Å². The predicted molar refractivity (Wildman–Crippen MR) is 112 cm³/mol. The van der Waals surface area contributed by atoms with Gasteiger partial charge in [-0.1, -0.05) is 0 Å². The van der Waals surface area contributed by atoms with Gasteiger partial charge >= 0.3 is 0 Å². The normalized spacial score (nSPS) is 30.0. The van der Waals surface area contributed by atoms with Gasteiger partial charge < -0.3 is 25.2 Å². The Morgan fingerprint density at radius 2 is 1.97 bits per heavy atom. The average molecular weight is 414 g/mol. The summed E-state index contributed by atoms with van der Waals surface area (Å²) in [4.78, 5) is 36.4. The zero-order valence-corrected chi connectivity index (χ0v) is 17.6. The summed E-state index contributed by atoms with van der Waals surface area (Å²) in [5, 5.41) is 0. The smallest absolute Gasteiger partial charge is 0.245 e. The van der Waals surface area contributed by atoms with E-state index in [-0.39, 0.29) is 23.9 Å². The number of carbonyl (C=O) groups excluding carboxylic acids is 2. The van der Waals surface area contributed by atoms with E-state index in [4.69, 9.17) is 10.5 Å². The Morgan fingerprint density at radius 1 is 1.17 bits per heavy atom. The summed E-state index contributed by atoms with van der Waals surface area (Å²) < 4.78 is 5.40. The Kier molecular flexibility index (Phi) is 5.14. The van der Waals surface area contributed by atoms with Crippen molar-refractivity contribution in [1.82, 2.24) is 14.8 Å². The van der Waals surface area contributed by atoms with Crippen molar-refractivity contribution in [3.8, 4) is 0 Å². The van der Waals surface area contributed by atoms with Crippen LogP contribution in [-0.2, 0) is 14.3 Å². The van der Waals surface area contributed by atoms with Gasteiger partial charge in [-0.15, -0.1) is 0 Å². The van der Waals surface area contributed by atoms with Crippen molar-refractivity contribution in [2.24, 2.45) is 5.73 Å². The maximum atomic E-state index is 13.2. The standard InChI is InChI=1S/C22H31N5O3/c1-30-16-12-25(13-16)19-7-8-24-9-17(19)14-10-26(11-14)22(29)20-6-5-15-3-2-4-18(23)21(28)27(15)20/h7-9,14-16,18,20H,2-6,10-13,23H2,1H3/t15-,18-,20-/m0/s1. The third kappa shape index (κ3) is 3.26. The quantitative estimate of drug-likeness (QED) is 0.782. The molecule has 5 rings (SSSR count). The molecular weight excluding hydrogens is 382 g/mol. The molecule has 0 aromatic carbocycles. The molecule has 0 saturated carbocycles. The van der Waals surface area contributed by atoms with Crippen LogP contribution in [0.3, 0.4) is 0 Å². The highest BCUT2D eigenvalue weighted by molar-refractivity contribution is 5.91. The first-order valence-corrected chi connectivity index (χ1v) is 11.1. The van der Waals surface area contributed by atoms with Gasteiger partial charge in [0.2, 0.25) is 11.8 Å². The third-order valence-corrected chi connectivity index (χ3v) is 7.39. The maximum Gasteiger partial charge on any atom is 0.245 e.